The lowest BCUT2D eigenvalue weighted by molar-refractivity contribution is 0.216. The van der Waals surface area contributed by atoms with E-state index in [9.17, 15) is 0 Å². The highest BCUT2D eigenvalue weighted by atomic mass is 32.1. The summed E-state index contributed by atoms with van der Waals surface area (Å²) in [4.78, 5) is 1.59. The standard InChI is InChI=1S/C18H31NS/c1-4-6-15-7-9-16(10-8-15)17(19-12-5-2)18-14(3)11-13-20-18/h11,13,15-17,19H,4-10,12H2,1-3H3. The lowest BCUT2D eigenvalue weighted by atomic mass is 9.76. The van der Waals surface area contributed by atoms with Gasteiger partial charge in [-0.3, -0.25) is 0 Å². The predicted molar refractivity (Wildman–Crippen MR) is 90.4 cm³/mol. The van der Waals surface area contributed by atoms with Gasteiger partial charge in [0, 0.05) is 10.9 Å². The molecule has 1 atom stereocenters. The van der Waals surface area contributed by atoms with Crippen LogP contribution in [0.3, 0.4) is 0 Å². The van der Waals surface area contributed by atoms with E-state index in [-0.39, 0.29) is 0 Å². The third-order valence-electron chi connectivity index (χ3n) is 4.86. The van der Waals surface area contributed by atoms with Gasteiger partial charge in [-0.1, -0.05) is 39.5 Å². The zero-order valence-electron chi connectivity index (χ0n) is 13.5. The second kappa shape index (κ2) is 8.19. The number of nitrogens with one attached hydrogen (secondary N) is 1. The van der Waals surface area contributed by atoms with Crippen molar-refractivity contribution in [2.45, 2.75) is 71.8 Å². The summed E-state index contributed by atoms with van der Waals surface area (Å²) in [6.07, 6.45) is 9.77. The van der Waals surface area contributed by atoms with Gasteiger partial charge < -0.3 is 5.32 Å². The first-order valence-electron chi connectivity index (χ1n) is 8.53. The fraction of sp³-hybridized carbons (Fsp3) is 0.778. The van der Waals surface area contributed by atoms with E-state index in [0.29, 0.717) is 6.04 Å². The molecule has 1 saturated carbocycles. The van der Waals surface area contributed by atoms with Crippen molar-refractivity contribution in [3.8, 4) is 0 Å². The zero-order valence-corrected chi connectivity index (χ0v) is 14.3. The summed E-state index contributed by atoms with van der Waals surface area (Å²) in [7, 11) is 0. The largest absolute Gasteiger partial charge is 0.309 e. The fourth-order valence-corrected chi connectivity index (χ4v) is 4.79. The van der Waals surface area contributed by atoms with Crippen LogP contribution in [0.25, 0.3) is 0 Å². The Hall–Kier alpha value is -0.340. The van der Waals surface area contributed by atoms with Gasteiger partial charge in [-0.25, -0.2) is 0 Å². The molecule has 1 aromatic heterocycles. The minimum Gasteiger partial charge on any atom is -0.309 e. The average molecular weight is 294 g/mol. The molecule has 1 aliphatic carbocycles. The lowest BCUT2D eigenvalue weighted by Gasteiger charge is -2.34. The number of aryl methyl sites for hydroxylation is 1. The maximum Gasteiger partial charge on any atom is 0.0446 e. The molecule has 1 N–H and O–H groups in total. The fourth-order valence-electron chi connectivity index (χ4n) is 3.69. The SMILES string of the molecule is CCCNC(c1sccc1C)C1CCC(CCC)CC1. The highest BCUT2D eigenvalue weighted by Gasteiger charge is 2.29. The maximum atomic E-state index is 3.84. The molecule has 2 rings (SSSR count). The van der Waals surface area contributed by atoms with Crippen LogP contribution in [0.4, 0.5) is 0 Å². The van der Waals surface area contributed by atoms with E-state index in [1.807, 2.05) is 11.3 Å². The van der Waals surface area contributed by atoms with Crippen molar-refractivity contribution >= 4 is 11.3 Å². The van der Waals surface area contributed by atoms with Gasteiger partial charge in [-0.05, 0) is 61.6 Å². The second-order valence-electron chi connectivity index (χ2n) is 6.47. The summed E-state index contributed by atoms with van der Waals surface area (Å²) >= 11 is 1.95. The first kappa shape index (κ1) is 16.0. The molecule has 114 valence electrons. The zero-order chi connectivity index (χ0) is 14.4. The normalized spacial score (nSPS) is 24.8. The smallest absolute Gasteiger partial charge is 0.0446 e. The Bertz CT molecular complexity index is 377. The molecule has 2 heteroatoms. The molecular formula is C18H31NS. The van der Waals surface area contributed by atoms with E-state index in [1.54, 1.807) is 4.88 Å². The van der Waals surface area contributed by atoms with E-state index < -0.39 is 0 Å². The van der Waals surface area contributed by atoms with Gasteiger partial charge in [0.05, 0.1) is 0 Å². The van der Waals surface area contributed by atoms with Crippen LogP contribution in [0.2, 0.25) is 0 Å². The average Bonchev–Trinajstić information content (AvgIpc) is 2.88. The molecule has 0 amide bonds. The summed E-state index contributed by atoms with van der Waals surface area (Å²) in [6, 6.07) is 2.89. The van der Waals surface area contributed by atoms with Crippen LogP contribution < -0.4 is 5.32 Å². The van der Waals surface area contributed by atoms with Gasteiger partial charge in [0.15, 0.2) is 0 Å². The van der Waals surface area contributed by atoms with Crippen molar-refractivity contribution < 1.29 is 0 Å². The monoisotopic (exact) mass is 293 g/mol. The third kappa shape index (κ3) is 4.08. The summed E-state index contributed by atoms with van der Waals surface area (Å²) in [5.41, 5.74) is 1.49. The Morgan fingerprint density at radius 1 is 1.20 bits per heavy atom. The molecule has 0 radical (unpaired) electrons. The molecule has 20 heavy (non-hydrogen) atoms. The van der Waals surface area contributed by atoms with Gasteiger partial charge in [0.1, 0.15) is 0 Å². The predicted octanol–water partition coefficient (Wildman–Crippen LogP) is 5.70. The Balaban J connectivity index is 1.99. The van der Waals surface area contributed by atoms with Crippen LogP contribution >= 0.6 is 11.3 Å². The second-order valence-corrected chi connectivity index (χ2v) is 7.42. The molecule has 0 spiro atoms. The molecule has 0 aromatic carbocycles. The Labute approximate surface area is 129 Å². The van der Waals surface area contributed by atoms with Crippen LogP contribution in [0.1, 0.15) is 75.3 Å². The van der Waals surface area contributed by atoms with E-state index in [2.05, 4.69) is 37.5 Å². The summed E-state index contributed by atoms with van der Waals surface area (Å²) < 4.78 is 0. The van der Waals surface area contributed by atoms with Gasteiger partial charge in [0.25, 0.3) is 0 Å². The molecule has 1 fully saturated rings. The highest BCUT2D eigenvalue weighted by Crippen LogP contribution is 2.40. The van der Waals surface area contributed by atoms with E-state index in [0.717, 1.165) is 18.4 Å². The van der Waals surface area contributed by atoms with Crippen molar-refractivity contribution in [1.82, 2.24) is 5.32 Å². The Morgan fingerprint density at radius 2 is 1.95 bits per heavy atom. The van der Waals surface area contributed by atoms with Crippen LogP contribution in [-0.4, -0.2) is 6.54 Å². The van der Waals surface area contributed by atoms with Crippen LogP contribution in [-0.2, 0) is 0 Å². The minimum atomic E-state index is 0.609. The molecule has 1 aromatic rings. The molecule has 1 heterocycles. The van der Waals surface area contributed by atoms with Gasteiger partial charge in [0.2, 0.25) is 0 Å². The molecule has 1 aliphatic rings. The van der Waals surface area contributed by atoms with Crippen molar-refractivity contribution in [1.29, 1.82) is 0 Å². The molecule has 1 nitrogen and oxygen atoms in total. The van der Waals surface area contributed by atoms with E-state index in [4.69, 9.17) is 0 Å². The third-order valence-corrected chi connectivity index (χ3v) is 5.96. The number of hydrogen-bond acceptors (Lipinski definition) is 2. The van der Waals surface area contributed by atoms with Gasteiger partial charge >= 0.3 is 0 Å². The first-order valence-corrected chi connectivity index (χ1v) is 9.41. The van der Waals surface area contributed by atoms with Gasteiger partial charge in [-0.2, -0.15) is 0 Å². The molecule has 0 bridgehead atoms. The molecule has 1 unspecified atom stereocenters. The molecule has 0 saturated heterocycles. The highest BCUT2D eigenvalue weighted by molar-refractivity contribution is 7.10. The molecule has 0 aliphatic heterocycles. The van der Waals surface area contributed by atoms with Crippen LogP contribution in [0, 0.1) is 18.8 Å². The van der Waals surface area contributed by atoms with E-state index >= 15 is 0 Å². The Morgan fingerprint density at radius 3 is 2.50 bits per heavy atom. The van der Waals surface area contributed by atoms with Crippen LogP contribution in [0.5, 0.6) is 0 Å². The van der Waals surface area contributed by atoms with Crippen molar-refractivity contribution in [2.75, 3.05) is 6.54 Å². The van der Waals surface area contributed by atoms with Gasteiger partial charge in [-0.15, -0.1) is 11.3 Å². The molecular weight excluding hydrogens is 262 g/mol. The van der Waals surface area contributed by atoms with Crippen molar-refractivity contribution in [3.63, 3.8) is 0 Å². The minimum absolute atomic E-state index is 0.609. The number of hydrogen-bond donors (Lipinski definition) is 1. The van der Waals surface area contributed by atoms with Crippen molar-refractivity contribution in [2.24, 2.45) is 11.8 Å². The number of rotatable bonds is 7. The topological polar surface area (TPSA) is 12.0 Å². The lowest BCUT2D eigenvalue weighted by Crippen LogP contribution is -2.31. The summed E-state index contributed by atoms with van der Waals surface area (Å²) in [5, 5.41) is 6.10. The quantitative estimate of drug-likeness (QED) is 0.679. The summed E-state index contributed by atoms with van der Waals surface area (Å²) in [5.74, 6) is 1.86. The first-order chi connectivity index (χ1) is 9.76. The van der Waals surface area contributed by atoms with E-state index in [1.165, 1.54) is 50.5 Å². The van der Waals surface area contributed by atoms with Crippen LogP contribution in [0.15, 0.2) is 11.4 Å². The van der Waals surface area contributed by atoms with Crippen molar-refractivity contribution in [3.05, 3.63) is 21.9 Å². The summed E-state index contributed by atoms with van der Waals surface area (Å²) in [6.45, 7) is 8.02. The number of thiophene rings is 1. The maximum absolute atomic E-state index is 3.84. The Kier molecular flexibility index (Phi) is 6.57.